The predicted octanol–water partition coefficient (Wildman–Crippen LogP) is 5.68. The summed E-state index contributed by atoms with van der Waals surface area (Å²) < 4.78 is 6.56. The summed E-state index contributed by atoms with van der Waals surface area (Å²) in [6.45, 7) is 8.68. The Morgan fingerprint density at radius 1 is 1.14 bits per heavy atom. The summed E-state index contributed by atoms with van der Waals surface area (Å²) in [5, 5.41) is 0. The fourth-order valence-electron chi connectivity index (χ4n) is 2.13. The Labute approximate surface area is 147 Å². The minimum absolute atomic E-state index is 0.113. The van der Waals surface area contributed by atoms with E-state index in [1.807, 2.05) is 0 Å². The van der Waals surface area contributed by atoms with Crippen LogP contribution in [0.5, 0.6) is 0 Å². The zero-order chi connectivity index (χ0) is 16.5. The van der Waals surface area contributed by atoms with Crippen LogP contribution in [0.25, 0.3) is 11.3 Å². The standard InChI is InChI=1S/C17H19Br2NO2/c1-5-22-16(21)15-13(19)12(18)14(20-15)10-6-8-11(9-7-10)17(2,3)4/h6-9,20H,5H2,1-4H3. The molecule has 0 bridgehead atoms. The molecule has 118 valence electrons. The van der Waals surface area contributed by atoms with Gasteiger partial charge in [-0.05, 0) is 55.3 Å². The highest BCUT2D eigenvalue weighted by Gasteiger charge is 2.21. The van der Waals surface area contributed by atoms with Crippen LogP contribution in [-0.4, -0.2) is 17.6 Å². The first kappa shape index (κ1) is 17.3. The third-order valence-electron chi connectivity index (χ3n) is 3.40. The van der Waals surface area contributed by atoms with E-state index < -0.39 is 0 Å². The van der Waals surface area contributed by atoms with Gasteiger partial charge in [0.1, 0.15) is 5.69 Å². The largest absolute Gasteiger partial charge is 0.461 e. The molecule has 0 atom stereocenters. The number of ether oxygens (including phenoxy) is 1. The molecule has 1 aromatic heterocycles. The fourth-order valence-corrected chi connectivity index (χ4v) is 3.12. The van der Waals surface area contributed by atoms with Gasteiger partial charge in [-0.2, -0.15) is 0 Å². The topological polar surface area (TPSA) is 42.1 Å². The average Bonchev–Trinajstić information content (AvgIpc) is 2.75. The van der Waals surface area contributed by atoms with Gasteiger partial charge in [0, 0.05) is 0 Å². The molecule has 0 aliphatic heterocycles. The van der Waals surface area contributed by atoms with Crippen molar-refractivity contribution in [1.82, 2.24) is 4.98 Å². The van der Waals surface area contributed by atoms with Gasteiger partial charge >= 0.3 is 5.97 Å². The number of H-pyrrole nitrogens is 1. The number of esters is 1. The molecule has 0 aliphatic rings. The highest BCUT2D eigenvalue weighted by molar-refractivity contribution is 9.13. The monoisotopic (exact) mass is 427 g/mol. The quantitative estimate of drug-likeness (QED) is 0.638. The lowest BCUT2D eigenvalue weighted by atomic mass is 9.86. The van der Waals surface area contributed by atoms with Crippen LogP contribution in [0.4, 0.5) is 0 Å². The number of aromatic amines is 1. The molecule has 0 spiro atoms. The number of rotatable bonds is 3. The molecule has 0 saturated carbocycles. The highest BCUT2D eigenvalue weighted by Crippen LogP contribution is 2.37. The molecular formula is C17H19Br2NO2. The lowest BCUT2D eigenvalue weighted by molar-refractivity contribution is 0.0519. The van der Waals surface area contributed by atoms with E-state index in [9.17, 15) is 4.79 Å². The Kier molecular flexibility index (Phi) is 5.17. The normalized spacial score (nSPS) is 11.5. The average molecular weight is 429 g/mol. The molecular weight excluding hydrogens is 410 g/mol. The predicted molar refractivity (Wildman–Crippen MR) is 96.3 cm³/mol. The summed E-state index contributed by atoms with van der Waals surface area (Å²) in [5.74, 6) is -0.368. The molecule has 2 aromatic rings. The van der Waals surface area contributed by atoms with E-state index >= 15 is 0 Å². The van der Waals surface area contributed by atoms with Crippen LogP contribution in [0.15, 0.2) is 33.2 Å². The summed E-state index contributed by atoms with van der Waals surface area (Å²) in [6, 6.07) is 8.33. The molecule has 0 amide bonds. The number of hydrogen-bond acceptors (Lipinski definition) is 2. The van der Waals surface area contributed by atoms with Gasteiger partial charge < -0.3 is 9.72 Å². The van der Waals surface area contributed by atoms with Gasteiger partial charge in [0.2, 0.25) is 0 Å². The molecule has 1 heterocycles. The van der Waals surface area contributed by atoms with Crippen LogP contribution in [0.3, 0.4) is 0 Å². The zero-order valence-electron chi connectivity index (χ0n) is 13.1. The van der Waals surface area contributed by atoms with E-state index in [0.29, 0.717) is 16.8 Å². The van der Waals surface area contributed by atoms with Crippen LogP contribution < -0.4 is 0 Å². The molecule has 1 aromatic carbocycles. The van der Waals surface area contributed by atoms with Crippen molar-refractivity contribution in [1.29, 1.82) is 0 Å². The third-order valence-corrected chi connectivity index (χ3v) is 5.52. The second kappa shape index (κ2) is 6.59. The maximum absolute atomic E-state index is 11.9. The number of carbonyl (C=O) groups is 1. The zero-order valence-corrected chi connectivity index (χ0v) is 16.3. The highest BCUT2D eigenvalue weighted by atomic mass is 79.9. The van der Waals surface area contributed by atoms with Gasteiger partial charge in [-0.15, -0.1) is 0 Å². The smallest absolute Gasteiger partial charge is 0.355 e. The minimum Gasteiger partial charge on any atom is -0.461 e. The maximum atomic E-state index is 11.9. The van der Waals surface area contributed by atoms with Gasteiger partial charge in [-0.3, -0.25) is 0 Å². The van der Waals surface area contributed by atoms with Crippen LogP contribution in [0.2, 0.25) is 0 Å². The van der Waals surface area contributed by atoms with Crippen LogP contribution in [0.1, 0.15) is 43.7 Å². The number of hydrogen-bond donors (Lipinski definition) is 1. The summed E-state index contributed by atoms with van der Waals surface area (Å²) in [5.41, 5.74) is 3.67. The number of carbonyl (C=O) groups excluding carboxylic acids is 1. The summed E-state index contributed by atoms with van der Waals surface area (Å²) in [6.07, 6.45) is 0. The Morgan fingerprint density at radius 3 is 2.23 bits per heavy atom. The van der Waals surface area contributed by atoms with Crippen molar-refractivity contribution in [3.8, 4) is 11.3 Å². The SMILES string of the molecule is CCOC(=O)c1[nH]c(-c2ccc(C(C)(C)C)cc2)c(Br)c1Br. The van der Waals surface area contributed by atoms with Gasteiger partial charge in [-0.1, -0.05) is 45.0 Å². The van der Waals surface area contributed by atoms with Crippen LogP contribution in [0, 0.1) is 0 Å². The van der Waals surface area contributed by atoms with Crippen molar-refractivity contribution in [3.63, 3.8) is 0 Å². The Balaban J connectivity index is 2.41. The molecule has 2 rings (SSSR count). The van der Waals surface area contributed by atoms with Gasteiger partial charge in [0.05, 0.1) is 21.2 Å². The van der Waals surface area contributed by atoms with Crippen molar-refractivity contribution < 1.29 is 9.53 Å². The summed E-state index contributed by atoms with van der Waals surface area (Å²) in [7, 11) is 0. The second-order valence-electron chi connectivity index (χ2n) is 6.05. The number of nitrogens with one attached hydrogen (secondary N) is 1. The van der Waals surface area contributed by atoms with Crippen LogP contribution >= 0.6 is 31.9 Å². The lowest BCUT2D eigenvalue weighted by Crippen LogP contribution is -2.10. The van der Waals surface area contributed by atoms with E-state index in [2.05, 4.69) is 81.9 Å². The van der Waals surface area contributed by atoms with Gasteiger partial charge in [-0.25, -0.2) is 4.79 Å². The van der Waals surface area contributed by atoms with E-state index in [1.54, 1.807) is 6.92 Å². The van der Waals surface area contributed by atoms with E-state index in [1.165, 1.54) is 5.56 Å². The van der Waals surface area contributed by atoms with Crippen molar-refractivity contribution in [3.05, 3.63) is 44.5 Å². The Morgan fingerprint density at radius 2 is 1.73 bits per heavy atom. The molecule has 0 radical (unpaired) electrons. The van der Waals surface area contributed by atoms with Gasteiger partial charge in [0.25, 0.3) is 0 Å². The van der Waals surface area contributed by atoms with E-state index in [0.717, 1.165) is 15.7 Å². The minimum atomic E-state index is -0.368. The Hall–Kier alpha value is -1.07. The van der Waals surface area contributed by atoms with Gasteiger partial charge in [0.15, 0.2) is 0 Å². The number of aromatic nitrogens is 1. The molecule has 1 N–H and O–H groups in total. The molecule has 5 heteroatoms. The number of halogens is 2. The Bertz CT molecular complexity index is 682. The van der Waals surface area contributed by atoms with Crippen LogP contribution in [-0.2, 0) is 10.2 Å². The first-order chi connectivity index (χ1) is 10.3. The summed E-state index contributed by atoms with van der Waals surface area (Å²) in [4.78, 5) is 15.1. The second-order valence-corrected chi connectivity index (χ2v) is 7.64. The summed E-state index contributed by atoms with van der Waals surface area (Å²) >= 11 is 6.97. The number of benzene rings is 1. The van der Waals surface area contributed by atoms with Crippen molar-refractivity contribution in [2.24, 2.45) is 0 Å². The lowest BCUT2D eigenvalue weighted by Gasteiger charge is -2.19. The molecule has 0 unspecified atom stereocenters. The fraction of sp³-hybridized carbons (Fsp3) is 0.353. The molecule has 0 aliphatic carbocycles. The molecule has 0 saturated heterocycles. The first-order valence-electron chi connectivity index (χ1n) is 7.10. The molecule has 22 heavy (non-hydrogen) atoms. The molecule has 3 nitrogen and oxygen atoms in total. The van der Waals surface area contributed by atoms with Crippen molar-refractivity contribution >= 4 is 37.8 Å². The third kappa shape index (κ3) is 3.46. The van der Waals surface area contributed by atoms with Crippen molar-refractivity contribution in [2.75, 3.05) is 6.61 Å². The van der Waals surface area contributed by atoms with Crippen molar-refractivity contribution in [2.45, 2.75) is 33.1 Å². The first-order valence-corrected chi connectivity index (χ1v) is 8.69. The van der Waals surface area contributed by atoms with E-state index in [-0.39, 0.29) is 11.4 Å². The molecule has 0 fully saturated rings. The maximum Gasteiger partial charge on any atom is 0.355 e. The van der Waals surface area contributed by atoms with E-state index in [4.69, 9.17) is 4.74 Å².